The van der Waals surface area contributed by atoms with Crippen molar-refractivity contribution in [3.05, 3.63) is 0 Å². The molecule has 92 valence electrons. The molecule has 0 aromatic heterocycles. The Morgan fingerprint density at radius 3 is 2.69 bits per heavy atom. The molecule has 16 heavy (non-hydrogen) atoms. The van der Waals surface area contributed by atoms with E-state index in [1.54, 1.807) is 0 Å². The van der Waals surface area contributed by atoms with Gasteiger partial charge in [0.05, 0.1) is 5.92 Å². The fraction of sp³-hybridized carbons (Fsp3) is 0.917. The average molecular weight is 225 g/mol. The smallest absolute Gasteiger partial charge is 0.226 e. The van der Waals surface area contributed by atoms with Crippen LogP contribution >= 0.6 is 0 Å². The summed E-state index contributed by atoms with van der Waals surface area (Å²) in [6.07, 6.45) is 3.38. The van der Waals surface area contributed by atoms with Crippen LogP contribution in [0.2, 0.25) is 0 Å². The van der Waals surface area contributed by atoms with Gasteiger partial charge in [0, 0.05) is 25.6 Å². The van der Waals surface area contributed by atoms with Gasteiger partial charge >= 0.3 is 0 Å². The van der Waals surface area contributed by atoms with E-state index in [9.17, 15) is 4.79 Å². The van der Waals surface area contributed by atoms with Gasteiger partial charge in [-0.1, -0.05) is 0 Å². The van der Waals surface area contributed by atoms with Gasteiger partial charge in [0.2, 0.25) is 5.91 Å². The summed E-state index contributed by atoms with van der Waals surface area (Å²) in [5.41, 5.74) is 6.01. The van der Waals surface area contributed by atoms with Crippen molar-refractivity contribution in [3.8, 4) is 0 Å². The highest BCUT2D eigenvalue weighted by Crippen LogP contribution is 2.45. The number of nitrogens with zero attached hydrogens (tertiary/aromatic N) is 2. The first kappa shape index (κ1) is 11.9. The predicted molar refractivity (Wildman–Crippen MR) is 64.0 cm³/mol. The van der Waals surface area contributed by atoms with Gasteiger partial charge in [-0.15, -0.1) is 0 Å². The Labute approximate surface area is 97.8 Å². The lowest BCUT2D eigenvalue weighted by atomic mass is 10.0. The number of nitrogens with two attached hydrogens (primary N) is 1. The molecular weight excluding hydrogens is 202 g/mol. The lowest BCUT2D eigenvalue weighted by Crippen LogP contribution is -2.39. The average Bonchev–Trinajstić information content (AvgIpc) is 2.91. The molecular formula is C12H23N3O. The quantitative estimate of drug-likeness (QED) is 0.740. The number of carbonyl (C=O) groups is 1. The Morgan fingerprint density at radius 2 is 2.25 bits per heavy atom. The molecule has 1 atom stereocenters. The number of likely N-dealkylation sites (tertiary alicyclic amines) is 1. The van der Waals surface area contributed by atoms with Crippen molar-refractivity contribution in [2.45, 2.75) is 19.3 Å². The molecule has 1 aliphatic heterocycles. The first-order valence-electron chi connectivity index (χ1n) is 6.20. The summed E-state index contributed by atoms with van der Waals surface area (Å²) in [7, 11) is 4.01. The molecule has 0 spiro atoms. The van der Waals surface area contributed by atoms with Gasteiger partial charge in [0.25, 0.3) is 0 Å². The molecule has 1 unspecified atom stereocenters. The third-order valence-corrected chi connectivity index (χ3v) is 4.08. The summed E-state index contributed by atoms with van der Waals surface area (Å²) >= 11 is 0. The summed E-state index contributed by atoms with van der Waals surface area (Å²) in [5.74, 6) is 0.521. The normalized spacial score (nSPS) is 28.1. The molecule has 0 aromatic carbocycles. The number of carbonyl (C=O) groups excluding carboxylic acids is 1. The fourth-order valence-electron chi connectivity index (χ4n) is 2.63. The zero-order valence-electron chi connectivity index (χ0n) is 10.4. The highest BCUT2D eigenvalue weighted by molar-refractivity contribution is 5.79. The largest absolute Gasteiger partial charge is 0.345 e. The summed E-state index contributed by atoms with van der Waals surface area (Å²) in [5, 5.41) is 0. The van der Waals surface area contributed by atoms with Crippen LogP contribution < -0.4 is 5.73 Å². The molecule has 0 bridgehead atoms. The van der Waals surface area contributed by atoms with E-state index in [1.165, 1.54) is 12.8 Å². The van der Waals surface area contributed by atoms with Crippen LogP contribution in [0.5, 0.6) is 0 Å². The number of hydrogen-bond acceptors (Lipinski definition) is 3. The monoisotopic (exact) mass is 225 g/mol. The third kappa shape index (κ3) is 2.38. The molecule has 1 saturated carbocycles. The van der Waals surface area contributed by atoms with Crippen molar-refractivity contribution in [2.24, 2.45) is 17.1 Å². The molecule has 1 heterocycles. The minimum Gasteiger partial charge on any atom is -0.345 e. The van der Waals surface area contributed by atoms with Crippen molar-refractivity contribution in [1.82, 2.24) is 9.80 Å². The van der Waals surface area contributed by atoms with Crippen LogP contribution in [-0.2, 0) is 4.79 Å². The highest BCUT2D eigenvalue weighted by atomic mass is 16.2. The maximum Gasteiger partial charge on any atom is 0.226 e. The summed E-state index contributed by atoms with van der Waals surface area (Å²) in [6.45, 7) is 3.53. The van der Waals surface area contributed by atoms with Crippen LogP contribution in [0.15, 0.2) is 0 Å². The summed E-state index contributed by atoms with van der Waals surface area (Å²) < 4.78 is 0. The van der Waals surface area contributed by atoms with Gasteiger partial charge in [-0.3, -0.25) is 4.79 Å². The molecule has 2 aliphatic rings. The van der Waals surface area contributed by atoms with Gasteiger partial charge < -0.3 is 15.5 Å². The van der Waals surface area contributed by atoms with E-state index in [2.05, 4.69) is 11.9 Å². The molecule has 1 aliphatic carbocycles. The van der Waals surface area contributed by atoms with Crippen LogP contribution in [0, 0.1) is 11.3 Å². The van der Waals surface area contributed by atoms with Crippen LogP contribution in [0.3, 0.4) is 0 Å². The Bertz CT molecular complexity index is 275. The topological polar surface area (TPSA) is 49.6 Å². The molecule has 2 fully saturated rings. The van der Waals surface area contributed by atoms with Crippen molar-refractivity contribution in [3.63, 3.8) is 0 Å². The van der Waals surface area contributed by atoms with Crippen LogP contribution in [0.4, 0.5) is 0 Å². The predicted octanol–water partition coefficient (Wildman–Crippen LogP) is 0.135. The number of amides is 1. The van der Waals surface area contributed by atoms with Crippen LogP contribution in [-0.4, -0.2) is 56.0 Å². The molecule has 1 saturated heterocycles. The zero-order chi connectivity index (χ0) is 11.8. The maximum atomic E-state index is 12.2. The van der Waals surface area contributed by atoms with E-state index in [-0.39, 0.29) is 11.3 Å². The third-order valence-electron chi connectivity index (χ3n) is 4.08. The second-order valence-electron chi connectivity index (χ2n) is 5.65. The van der Waals surface area contributed by atoms with Gasteiger partial charge in [-0.2, -0.15) is 0 Å². The van der Waals surface area contributed by atoms with Crippen molar-refractivity contribution in [1.29, 1.82) is 0 Å². The van der Waals surface area contributed by atoms with E-state index in [0.717, 1.165) is 32.6 Å². The first-order chi connectivity index (χ1) is 7.56. The van der Waals surface area contributed by atoms with Crippen molar-refractivity contribution in [2.75, 3.05) is 40.3 Å². The molecule has 2 N–H and O–H groups in total. The molecule has 0 aromatic rings. The van der Waals surface area contributed by atoms with Crippen LogP contribution in [0.1, 0.15) is 19.3 Å². The Hall–Kier alpha value is -0.610. The molecule has 4 heteroatoms. The van der Waals surface area contributed by atoms with Gasteiger partial charge in [0.1, 0.15) is 0 Å². The van der Waals surface area contributed by atoms with Crippen LogP contribution in [0.25, 0.3) is 0 Å². The van der Waals surface area contributed by atoms with E-state index < -0.39 is 0 Å². The number of hydrogen-bond donors (Lipinski definition) is 1. The van der Waals surface area contributed by atoms with Gasteiger partial charge in [-0.25, -0.2) is 0 Å². The maximum absolute atomic E-state index is 12.2. The zero-order valence-corrected chi connectivity index (χ0v) is 10.4. The van der Waals surface area contributed by atoms with Gasteiger partial charge in [0.15, 0.2) is 0 Å². The van der Waals surface area contributed by atoms with E-state index in [0.29, 0.717) is 5.91 Å². The standard InChI is InChI=1S/C12H23N3O/c1-14-6-3-10(7-14)11(16)15(2)9-12(8-13)4-5-12/h10H,3-9,13H2,1-2H3. The van der Waals surface area contributed by atoms with Gasteiger partial charge in [-0.05, 0) is 39.4 Å². The summed E-state index contributed by atoms with van der Waals surface area (Å²) in [4.78, 5) is 16.3. The lowest BCUT2D eigenvalue weighted by Gasteiger charge is -2.25. The molecule has 2 rings (SSSR count). The van der Waals surface area contributed by atoms with Crippen molar-refractivity contribution >= 4 is 5.91 Å². The SMILES string of the molecule is CN1CCC(C(=O)N(C)CC2(CN)CC2)C1. The molecule has 4 nitrogen and oxygen atoms in total. The number of rotatable bonds is 4. The fourth-order valence-corrected chi connectivity index (χ4v) is 2.63. The van der Waals surface area contributed by atoms with E-state index in [1.807, 2.05) is 11.9 Å². The molecule has 1 amide bonds. The second-order valence-corrected chi connectivity index (χ2v) is 5.65. The van der Waals surface area contributed by atoms with Crippen molar-refractivity contribution < 1.29 is 4.79 Å². The lowest BCUT2D eigenvalue weighted by molar-refractivity contribution is -0.134. The minimum atomic E-state index is 0.212. The Balaban J connectivity index is 1.85. The second kappa shape index (κ2) is 4.34. The molecule has 0 radical (unpaired) electrons. The van der Waals surface area contributed by atoms with E-state index in [4.69, 9.17) is 5.73 Å². The minimum absolute atomic E-state index is 0.212. The Kier molecular flexibility index (Phi) is 3.22. The summed E-state index contributed by atoms with van der Waals surface area (Å²) in [6, 6.07) is 0. The first-order valence-corrected chi connectivity index (χ1v) is 6.20. The Morgan fingerprint density at radius 1 is 1.56 bits per heavy atom. The van der Waals surface area contributed by atoms with E-state index >= 15 is 0 Å². The highest BCUT2D eigenvalue weighted by Gasteiger charge is 2.43.